The van der Waals surface area contributed by atoms with Crippen LogP contribution in [0, 0.1) is 24.1 Å². The predicted molar refractivity (Wildman–Crippen MR) is 124 cm³/mol. The quantitative estimate of drug-likeness (QED) is 0.479. The number of nitrogens with one attached hydrogen (secondary N) is 1. The zero-order valence-electron chi connectivity index (χ0n) is 19.1. The molecule has 1 aromatic heterocycles. The van der Waals surface area contributed by atoms with E-state index >= 15 is 0 Å². The Kier molecular flexibility index (Phi) is 5.37. The first-order valence-corrected chi connectivity index (χ1v) is 11.2. The van der Waals surface area contributed by atoms with Gasteiger partial charge in [0, 0.05) is 11.7 Å². The molecule has 1 aliphatic rings. The second-order valence-corrected chi connectivity index (χ2v) is 10.4. The molecule has 4 heteroatoms. The van der Waals surface area contributed by atoms with Crippen LogP contribution in [0.15, 0.2) is 36.4 Å². The summed E-state index contributed by atoms with van der Waals surface area (Å²) in [6.45, 7) is 13.4. The van der Waals surface area contributed by atoms with Gasteiger partial charge >= 0.3 is 0 Å². The van der Waals surface area contributed by atoms with Crippen LogP contribution in [0.25, 0.3) is 11.0 Å². The number of hydrogen-bond acceptors (Lipinski definition) is 2. The molecule has 1 fully saturated rings. The summed E-state index contributed by atoms with van der Waals surface area (Å²) < 4.78 is 17.1. The average Bonchev–Trinajstić information content (AvgIpc) is 2.98. The van der Waals surface area contributed by atoms with Crippen molar-refractivity contribution in [2.24, 2.45) is 11.3 Å². The van der Waals surface area contributed by atoms with Gasteiger partial charge in [0.25, 0.3) is 0 Å². The second kappa shape index (κ2) is 7.72. The Morgan fingerprint density at radius 3 is 2.47 bits per heavy atom. The molecule has 1 saturated carbocycles. The fourth-order valence-electron chi connectivity index (χ4n) is 5.32. The van der Waals surface area contributed by atoms with Crippen LogP contribution < -0.4 is 5.32 Å². The van der Waals surface area contributed by atoms with E-state index in [2.05, 4.69) is 74.8 Å². The fraction of sp³-hybridized carbons (Fsp3) is 0.500. The third-order valence-electron chi connectivity index (χ3n) is 6.46. The van der Waals surface area contributed by atoms with Crippen molar-refractivity contribution in [1.29, 1.82) is 0 Å². The van der Waals surface area contributed by atoms with E-state index in [0.717, 1.165) is 35.6 Å². The molecule has 0 aliphatic heterocycles. The van der Waals surface area contributed by atoms with Crippen LogP contribution in [0.2, 0.25) is 0 Å². The SMILES string of the molecule is Cc1cc(F)c2nc(Nc3ccc(C(C)C)cc3)n(C3CC(C)CC(C)(C)C3)c2c1. The maximum atomic E-state index is 14.8. The summed E-state index contributed by atoms with van der Waals surface area (Å²) in [6.07, 6.45) is 3.38. The molecule has 0 bridgehead atoms. The van der Waals surface area contributed by atoms with Crippen LogP contribution >= 0.6 is 0 Å². The molecule has 1 heterocycles. The Bertz CT molecular complexity index is 1050. The lowest BCUT2D eigenvalue weighted by Gasteiger charge is -2.40. The molecule has 2 atom stereocenters. The Morgan fingerprint density at radius 1 is 1.13 bits per heavy atom. The first kappa shape index (κ1) is 20.9. The van der Waals surface area contributed by atoms with Crippen molar-refractivity contribution < 1.29 is 4.39 Å². The lowest BCUT2D eigenvalue weighted by molar-refractivity contribution is 0.140. The van der Waals surface area contributed by atoms with Crippen molar-refractivity contribution in [2.75, 3.05) is 5.32 Å². The number of fused-ring (bicyclic) bond motifs is 1. The van der Waals surface area contributed by atoms with Crippen molar-refractivity contribution in [3.05, 3.63) is 53.3 Å². The molecule has 160 valence electrons. The average molecular weight is 408 g/mol. The van der Waals surface area contributed by atoms with E-state index in [9.17, 15) is 4.39 Å². The van der Waals surface area contributed by atoms with Crippen LogP contribution in [0.4, 0.5) is 16.0 Å². The number of aryl methyl sites for hydroxylation is 1. The zero-order valence-corrected chi connectivity index (χ0v) is 19.1. The maximum Gasteiger partial charge on any atom is 0.208 e. The molecule has 3 aromatic rings. The molecule has 0 saturated heterocycles. The van der Waals surface area contributed by atoms with Gasteiger partial charge in [-0.25, -0.2) is 9.37 Å². The highest BCUT2D eigenvalue weighted by atomic mass is 19.1. The summed E-state index contributed by atoms with van der Waals surface area (Å²) in [7, 11) is 0. The second-order valence-electron chi connectivity index (χ2n) is 10.4. The minimum Gasteiger partial charge on any atom is -0.326 e. The van der Waals surface area contributed by atoms with Gasteiger partial charge in [0.2, 0.25) is 5.95 Å². The molecule has 2 aromatic carbocycles. The van der Waals surface area contributed by atoms with Gasteiger partial charge in [0.05, 0.1) is 5.52 Å². The first-order chi connectivity index (χ1) is 14.1. The summed E-state index contributed by atoms with van der Waals surface area (Å²) in [4.78, 5) is 4.73. The van der Waals surface area contributed by atoms with Gasteiger partial charge in [-0.1, -0.05) is 46.8 Å². The number of benzene rings is 2. The van der Waals surface area contributed by atoms with Crippen molar-refractivity contribution in [3.63, 3.8) is 0 Å². The minimum atomic E-state index is -0.245. The molecule has 2 unspecified atom stereocenters. The number of halogens is 1. The van der Waals surface area contributed by atoms with Gasteiger partial charge in [-0.15, -0.1) is 0 Å². The zero-order chi connectivity index (χ0) is 21.6. The monoisotopic (exact) mass is 407 g/mol. The highest BCUT2D eigenvalue weighted by Crippen LogP contribution is 2.46. The normalized spacial score (nSPS) is 21.3. The molecule has 4 rings (SSSR count). The molecule has 0 amide bonds. The third-order valence-corrected chi connectivity index (χ3v) is 6.46. The van der Waals surface area contributed by atoms with E-state index < -0.39 is 0 Å². The molecule has 0 radical (unpaired) electrons. The molecule has 1 N–H and O–H groups in total. The maximum absolute atomic E-state index is 14.8. The molecule has 3 nitrogen and oxygen atoms in total. The lowest BCUT2D eigenvalue weighted by Crippen LogP contribution is -2.29. The Balaban J connectivity index is 1.80. The van der Waals surface area contributed by atoms with E-state index in [1.54, 1.807) is 6.07 Å². The highest BCUT2D eigenvalue weighted by Gasteiger charge is 2.35. The summed E-state index contributed by atoms with van der Waals surface area (Å²) in [5.41, 5.74) is 4.82. The van der Waals surface area contributed by atoms with Gasteiger partial charge in [0.15, 0.2) is 5.82 Å². The Morgan fingerprint density at radius 2 is 1.83 bits per heavy atom. The summed E-state index contributed by atoms with van der Waals surface area (Å²) in [5, 5.41) is 3.50. The summed E-state index contributed by atoms with van der Waals surface area (Å²) in [5.74, 6) is 1.61. The largest absolute Gasteiger partial charge is 0.326 e. The van der Waals surface area contributed by atoms with E-state index in [1.165, 1.54) is 12.0 Å². The van der Waals surface area contributed by atoms with Crippen LogP contribution in [-0.4, -0.2) is 9.55 Å². The van der Waals surface area contributed by atoms with Crippen LogP contribution in [0.5, 0.6) is 0 Å². The Hall–Kier alpha value is -2.36. The van der Waals surface area contributed by atoms with Crippen molar-refractivity contribution in [1.82, 2.24) is 9.55 Å². The summed E-state index contributed by atoms with van der Waals surface area (Å²) >= 11 is 0. The van der Waals surface area contributed by atoms with Gasteiger partial charge in [-0.05, 0) is 78.8 Å². The standard InChI is InChI=1S/C26H34FN3/c1-16(2)19-7-9-20(10-8-19)28-25-29-24-22(27)12-17(3)13-23(24)30(25)21-11-18(4)14-26(5,6)15-21/h7-10,12-13,16,18,21H,11,14-15H2,1-6H3,(H,28,29). The topological polar surface area (TPSA) is 29.9 Å². The number of rotatable bonds is 4. The van der Waals surface area contributed by atoms with Crippen LogP contribution in [-0.2, 0) is 0 Å². The molecular weight excluding hydrogens is 373 g/mol. The van der Waals surface area contributed by atoms with E-state index in [-0.39, 0.29) is 11.2 Å². The predicted octanol–water partition coefficient (Wildman–Crippen LogP) is 7.74. The summed E-state index contributed by atoms with van der Waals surface area (Å²) in [6, 6.07) is 12.4. The van der Waals surface area contributed by atoms with Crippen molar-refractivity contribution in [3.8, 4) is 0 Å². The van der Waals surface area contributed by atoms with Gasteiger partial charge < -0.3 is 9.88 Å². The number of imidazole rings is 1. The number of aromatic nitrogens is 2. The minimum absolute atomic E-state index is 0.245. The van der Waals surface area contributed by atoms with E-state index in [1.807, 2.05) is 6.92 Å². The van der Waals surface area contributed by atoms with Gasteiger partial charge in [0.1, 0.15) is 5.52 Å². The number of nitrogens with zero attached hydrogens (tertiary/aromatic N) is 2. The smallest absolute Gasteiger partial charge is 0.208 e. The first-order valence-electron chi connectivity index (χ1n) is 11.2. The molecule has 0 spiro atoms. The number of hydrogen-bond donors (Lipinski definition) is 1. The van der Waals surface area contributed by atoms with E-state index in [0.29, 0.717) is 23.4 Å². The molecule has 1 aliphatic carbocycles. The Labute approximate surface area is 179 Å². The fourth-order valence-corrected chi connectivity index (χ4v) is 5.32. The van der Waals surface area contributed by atoms with Crippen LogP contribution in [0.1, 0.15) is 77.0 Å². The lowest BCUT2D eigenvalue weighted by atomic mass is 9.70. The third kappa shape index (κ3) is 4.10. The van der Waals surface area contributed by atoms with Gasteiger partial charge in [-0.3, -0.25) is 0 Å². The highest BCUT2D eigenvalue weighted by molar-refractivity contribution is 5.81. The van der Waals surface area contributed by atoms with E-state index in [4.69, 9.17) is 4.98 Å². The van der Waals surface area contributed by atoms with Crippen molar-refractivity contribution >= 4 is 22.7 Å². The molecular formula is C26H34FN3. The van der Waals surface area contributed by atoms with Gasteiger partial charge in [-0.2, -0.15) is 0 Å². The van der Waals surface area contributed by atoms with Crippen LogP contribution in [0.3, 0.4) is 0 Å². The molecule has 30 heavy (non-hydrogen) atoms. The number of anilines is 2. The van der Waals surface area contributed by atoms with Crippen molar-refractivity contribution in [2.45, 2.75) is 72.8 Å².